The van der Waals surface area contributed by atoms with Gasteiger partial charge in [0.2, 0.25) is 0 Å². The second-order valence-corrected chi connectivity index (χ2v) is 4.37. The van der Waals surface area contributed by atoms with Crippen molar-refractivity contribution >= 4 is 40.2 Å². The van der Waals surface area contributed by atoms with Crippen molar-refractivity contribution in [1.82, 2.24) is 4.98 Å². The molecule has 1 aromatic carbocycles. The van der Waals surface area contributed by atoms with Crippen LogP contribution >= 0.6 is 22.9 Å². The molecule has 0 fully saturated rings. The van der Waals surface area contributed by atoms with Crippen molar-refractivity contribution in [3.8, 4) is 0 Å². The van der Waals surface area contributed by atoms with E-state index in [2.05, 4.69) is 10.3 Å². The fourth-order valence-electron chi connectivity index (χ4n) is 1.23. The van der Waals surface area contributed by atoms with Gasteiger partial charge in [-0.1, -0.05) is 11.6 Å². The molecule has 0 bridgehead atoms. The number of carbonyl (C=O) groups excluding carboxylic acids is 1. The standard InChI is InChI=1S/C10H6ClN3O3S/c11-7-2-1-6(14(16)17)3-8(7)13-10(15)9-4-18-5-12-9/h1-5H,(H,13,15). The number of nitrogens with zero attached hydrogens (tertiary/aromatic N) is 2. The Bertz CT molecular complexity index is 600. The molecular formula is C10H6ClN3O3S. The number of nitro groups is 1. The van der Waals surface area contributed by atoms with E-state index in [0.717, 1.165) is 0 Å². The number of aromatic nitrogens is 1. The zero-order valence-electron chi connectivity index (χ0n) is 8.79. The number of rotatable bonds is 3. The number of thiazole rings is 1. The van der Waals surface area contributed by atoms with Crippen LogP contribution in [0.15, 0.2) is 29.1 Å². The highest BCUT2D eigenvalue weighted by atomic mass is 35.5. The molecule has 2 aromatic rings. The minimum Gasteiger partial charge on any atom is -0.319 e. The molecule has 0 unspecified atom stereocenters. The van der Waals surface area contributed by atoms with Crippen LogP contribution in [0.3, 0.4) is 0 Å². The van der Waals surface area contributed by atoms with E-state index < -0.39 is 10.8 Å². The first-order valence-corrected chi connectivity index (χ1v) is 6.03. The Balaban J connectivity index is 2.26. The Hall–Kier alpha value is -1.99. The van der Waals surface area contributed by atoms with Crippen LogP contribution in [-0.2, 0) is 0 Å². The normalized spacial score (nSPS) is 10.1. The summed E-state index contributed by atoms with van der Waals surface area (Å²) in [7, 11) is 0. The van der Waals surface area contributed by atoms with Crippen LogP contribution < -0.4 is 5.32 Å². The number of nitrogens with one attached hydrogen (secondary N) is 1. The molecule has 0 aliphatic carbocycles. The second-order valence-electron chi connectivity index (χ2n) is 3.25. The average molecular weight is 284 g/mol. The van der Waals surface area contributed by atoms with Gasteiger partial charge in [0.25, 0.3) is 11.6 Å². The molecule has 0 radical (unpaired) electrons. The SMILES string of the molecule is O=C(Nc1cc([N+](=O)[O-])ccc1Cl)c1cscn1. The van der Waals surface area contributed by atoms with Crippen molar-refractivity contribution in [3.63, 3.8) is 0 Å². The van der Waals surface area contributed by atoms with Crippen molar-refractivity contribution in [2.45, 2.75) is 0 Å². The molecule has 6 nitrogen and oxygen atoms in total. The molecule has 0 aliphatic heterocycles. The average Bonchev–Trinajstić information content (AvgIpc) is 2.85. The summed E-state index contributed by atoms with van der Waals surface area (Å²) in [6.45, 7) is 0. The third-order valence-electron chi connectivity index (χ3n) is 2.07. The van der Waals surface area contributed by atoms with Crippen molar-refractivity contribution in [2.24, 2.45) is 0 Å². The summed E-state index contributed by atoms with van der Waals surface area (Å²) in [5, 5.41) is 14.9. The summed E-state index contributed by atoms with van der Waals surface area (Å²) in [4.78, 5) is 25.6. The molecule has 8 heteroatoms. The molecule has 0 saturated carbocycles. The molecule has 1 heterocycles. The van der Waals surface area contributed by atoms with Gasteiger partial charge in [0.1, 0.15) is 5.69 Å². The number of hydrogen-bond donors (Lipinski definition) is 1. The van der Waals surface area contributed by atoms with Gasteiger partial charge < -0.3 is 5.32 Å². The molecule has 1 amide bonds. The van der Waals surface area contributed by atoms with Crippen molar-refractivity contribution < 1.29 is 9.72 Å². The van der Waals surface area contributed by atoms with Crippen LogP contribution in [0.4, 0.5) is 11.4 Å². The lowest BCUT2D eigenvalue weighted by atomic mass is 10.2. The van der Waals surface area contributed by atoms with Gasteiger partial charge in [0.15, 0.2) is 0 Å². The zero-order valence-corrected chi connectivity index (χ0v) is 10.4. The van der Waals surface area contributed by atoms with E-state index in [9.17, 15) is 14.9 Å². The van der Waals surface area contributed by atoms with E-state index in [1.807, 2.05) is 0 Å². The molecule has 1 N–H and O–H groups in total. The predicted octanol–water partition coefficient (Wildman–Crippen LogP) is 2.96. The van der Waals surface area contributed by atoms with Gasteiger partial charge in [-0.15, -0.1) is 11.3 Å². The first-order chi connectivity index (χ1) is 8.58. The fourth-order valence-corrected chi connectivity index (χ4v) is 1.93. The first kappa shape index (κ1) is 12.5. The van der Waals surface area contributed by atoms with Gasteiger partial charge in [-0.2, -0.15) is 0 Å². The lowest BCUT2D eigenvalue weighted by Crippen LogP contribution is -2.12. The summed E-state index contributed by atoms with van der Waals surface area (Å²) in [6.07, 6.45) is 0. The third-order valence-corrected chi connectivity index (χ3v) is 2.99. The maximum Gasteiger partial charge on any atom is 0.275 e. The van der Waals surface area contributed by atoms with Crippen LogP contribution in [0, 0.1) is 10.1 Å². The van der Waals surface area contributed by atoms with E-state index in [1.54, 1.807) is 5.38 Å². The van der Waals surface area contributed by atoms with Gasteiger partial charge in [0, 0.05) is 17.5 Å². The number of hydrogen-bond acceptors (Lipinski definition) is 5. The van der Waals surface area contributed by atoms with Gasteiger partial charge in [-0.25, -0.2) is 4.98 Å². The van der Waals surface area contributed by atoms with Crippen molar-refractivity contribution in [3.05, 3.63) is 49.9 Å². The Morgan fingerprint density at radius 2 is 2.28 bits per heavy atom. The molecule has 1 aromatic heterocycles. The molecule has 0 aliphatic rings. The number of amides is 1. The molecule has 2 rings (SSSR count). The topological polar surface area (TPSA) is 85.1 Å². The van der Waals surface area contributed by atoms with Crippen molar-refractivity contribution in [1.29, 1.82) is 0 Å². The Kier molecular flexibility index (Phi) is 3.54. The molecule has 92 valence electrons. The molecule has 0 atom stereocenters. The number of anilines is 1. The third kappa shape index (κ3) is 2.63. The second kappa shape index (κ2) is 5.11. The molecule has 0 saturated heterocycles. The maximum absolute atomic E-state index is 11.7. The van der Waals surface area contributed by atoms with Gasteiger partial charge in [-0.05, 0) is 6.07 Å². The summed E-state index contributed by atoms with van der Waals surface area (Å²) >= 11 is 7.13. The Morgan fingerprint density at radius 1 is 1.50 bits per heavy atom. The number of non-ortho nitro benzene ring substituents is 1. The van der Waals surface area contributed by atoms with Crippen molar-refractivity contribution in [2.75, 3.05) is 5.32 Å². The summed E-state index contributed by atoms with van der Waals surface area (Å²) < 4.78 is 0. The minimum absolute atomic E-state index is 0.145. The van der Waals surface area contributed by atoms with Crippen LogP contribution in [0.25, 0.3) is 0 Å². The molecular weight excluding hydrogens is 278 g/mol. The zero-order chi connectivity index (χ0) is 13.1. The lowest BCUT2D eigenvalue weighted by molar-refractivity contribution is -0.384. The van der Waals surface area contributed by atoms with E-state index in [4.69, 9.17) is 11.6 Å². The summed E-state index contributed by atoms with van der Waals surface area (Å²) in [5.41, 5.74) is 1.80. The van der Waals surface area contributed by atoms with Crippen LogP contribution in [0.1, 0.15) is 10.5 Å². The number of carbonyl (C=O) groups is 1. The van der Waals surface area contributed by atoms with Gasteiger partial charge >= 0.3 is 0 Å². The van der Waals surface area contributed by atoms with Crippen LogP contribution in [-0.4, -0.2) is 15.8 Å². The smallest absolute Gasteiger partial charge is 0.275 e. The van der Waals surface area contributed by atoms with Gasteiger partial charge in [-0.3, -0.25) is 14.9 Å². The number of benzene rings is 1. The summed E-state index contributed by atoms with van der Waals surface area (Å²) in [6, 6.07) is 3.82. The first-order valence-electron chi connectivity index (χ1n) is 4.71. The number of nitro benzene ring substituents is 1. The van der Waals surface area contributed by atoms with Crippen LogP contribution in [0.5, 0.6) is 0 Å². The van der Waals surface area contributed by atoms with E-state index in [-0.39, 0.29) is 22.1 Å². The fraction of sp³-hybridized carbons (Fsp3) is 0. The van der Waals surface area contributed by atoms with E-state index >= 15 is 0 Å². The highest BCUT2D eigenvalue weighted by molar-refractivity contribution is 7.07. The highest BCUT2D eigenvalue weighted by Crippen LogP contribution is 2.27. The Labute approximate surface area is 110 Å². The van der Waals surface area contributed by atoms with Crippen LogP contribution in [0.2, 0.25) is 5.02 Å². The highest BCUT2D eigenvalue weighted by Gasteiger charge is 2.14. The van der Waals surface area contributed by atoms with E-state index in [1.165, 1.54) is 35.0 Å². The largest absolute Gasteiger partial charge is 0.319 e. The quantitative estimate of drug-likeness (QED) is 0.693. The molecule has 0 spiro atoms. The van der Waals surface area contributed by atoms with E-state index in [0.29, 0.717) is 0 Å². The number of halogens is 1. The predicted molar refractivity (Wildman–Crippen MR) is 68.2 cm³/mol. The lowest BCUT2D eigenvalue weighted by Gasteiger charge is -2.05. The summed E-state index contributed by atoms with van der Waals surface area (Å²) in [5.74, 6) is -0.460. The molecule has 18 heavy (non-hydrogen) atoms. The van der Waals surface area contributed by atoms with Gasteiger partial charge in [0.05, 0.1) is 21.1 Å². The monoisotopic (exact) mass is 283 g/mol. The minimum atomic E-state index is -0.561. The Morgan fingerprint density at radius 3 is 2.89 bits per heavy atom. The maximum atomic E-state index is 11.7.